The molecule has 1 fully saturated rings. The molecule has 1 aliphatic rings. The van der Waals surface area contributed by atoms with Crippen LogP contribution < -0.4 is 9.64 Å². The first-order valence-corrected chi connectivity index (χ1v) is 5.29. The largest absolute Gasteiger partial charge is 0.488 e. The highest BCUT2D eigenvalue weighted by molar-refractivity contribution is 5.46. The maximum atomic E-state index is 12.8. The molecule has 0 N–H and O–H groups in total. The van der Waals surface area contributed by atoms with Crippen LogP contribution in [-0.4, -0.2) is 25.2 Å². The van der Waals surface area contributed by atoms with Gasteiger partial charge in [0.05, 0.1) is 12.3 Å². The summed E-state index contributed by atoms with van der Waals surface area (Å²) in [5, 5.41) is 0. The van der Waals surface area contributed by atoms with Gasteiger partial charge in [-0.3, -0.25) is 0 Å². The van der Waals surface area contributed by atoms with Gasteiger partial charge in [0.2, 0.25) is 0 Å². The number of anilines is 1. The molecule has 0 aliphatic heterocycles. The summed E-state index contributed by atoms with van der Waals surface area (Å²) < 4.78 is 43.7. The van der Waals surface area contributed by atoms with Gasteiger partial charge in [-0.25, -0.2) is 4.98 Å². The Morgan fingerprint density at radius 1 is 1.35 bits per heavy atom. The quantitative estimate of drug-likeness (QED) is 0.820. The first-order chi connectivity index (χ1) is 7.88. The Balaban J connectivity index is 2.36. The number of alkyl halides is 3. The summed E-state index contributed by atoms with van der Waals surface area (Å²) in [7, 11) is 3.29. The number of hydrogen-bond acceptors (Lipinski definition) is 3. The SMILES string of the molecule is CN(C)c1cc(C(F)(F)F)c(OC2CC2)cn1. The van der Waals surface area contributed by atoms with E-state index in [0.717, 1.165) is 25.1 Å². The lowest BCUT2D eigenvalue weighted by Gasteiger charge is -2.17. The fraction of sp³-hybridized carbons (Fsp3) is 0.545. The molecule has 0 aromatic carbocycles. The third kappa shape index (κ3) is 2.81. The van der Waals surface area contributed by atoms with Gasteiger partial charge in [-0.15, -0.1) is 0 Å². The first-order valence-electron chi connectivity index (χ1n) is 5.29. The van der Waals surface area contributed by atoms with Crippen molar-refractivity contribution in [3.05, 3.63) is 17.8 Å². The summed E-state index contributed by atoms with van der Waals surface area (Å²) in [5.41, 5.74) is -0.761. The average molecular weight is 246 g/mol. The number of hydrogen-bond donors (Lipinski definition) is 0. The molecule has 94 valence electrons. The Morgan fingerprint density at radius 2 is 2.00 bits per heavy atom. The van der Waals surface area contributed by atoms with E-state index in [1.807, 2.05) is 0 Å². The van der Waals surface area contributed by atoms with Crippen molar-refractivity contribution < 1.29 is 17.9 Å². The van der Waals surface area contributed by atoms with Gasteiger partial charge in [0, 0.05) is 14.1 Å². The molecule has 1 aliphatic carbocycles. The van der Waals surface area contributed by atoms with Crippen molar-refractivity contribution >= 4 is 5.82 Å². The van der Waals surface area contributed by atoms with E-state index in [1.165, 1.54) is 4.90 Å². The van der Waals surface area contributed by atoms with Gasteiger partial charge >= 0.3 is 6.18 Å². The van der Waals surface area contributed by atoms with E-state index >= 15 is 0 Å². The second kappa shape index (κ2) is 4.09. The van der Waals surface area contributed by atoms with Crippen LogP contribution in [0.1, 0.15) is 18.4 Å². The van der Waals surface area contributed by atoms with Crippen molar-refractivity contribution in [1.29, 1.82) is 0 Å². The molecule has 0 unspecified atom stereocenters. The number of ether oxygens (including phenoxy) is 1. The van der Waals surface area contributed by atoms with Crippen LogP contribution in [-0.2, 0) is 6.18 Å². The third-order valence-corrected chi connectivity index (χ3v) is 2.43. The van der Waals surface area contributed by atoms with Crippen molar-refractivity contribution in [3.63, 3.8) is 0 Å². The van der Waals surface area contributed by atoms with E-state index in [2.05, 4.69) is 4.98 Å². The van der Waals surface area contributed by atoms with Gasteiger partial charge in [-0.1, -0.05) is 0 Å². The number of halogens is 3. The smallest absolute Gasteiger partial charge is 0.420 e. The van der Waals surface area contributed by atoms with Gasteiger partial charge in [-0.2, -0.15) is 13.2 Å². The number of rotatable bonds is 3. The molecular weight excluding hydrogens is 233 g/mol. The maximum Gasteiger partial charge on any atom is 0.420 e. The lowest BCUT2D eigenvalue weighted by atomic mass is 10.2. The fourth-order valence-electron chi connectivity index (χ4n) is 1.36. The zero-order valence-electron chi connectivity index (χ0n) is 9.58. The van der Waals surface area contributed by atoms with E-state index in [9.17, 15) is 13.2 Å². The average Bonchev–Trinajstić information content (AvgIpc) is 3.00. The molecule has 17 heavy (non-hydrogen) atoms. The van der Waals surface area contributed by atoms with Gasteiger partial charge in [0.25, 0.3) is 0 Å². The highest BCUT2D eigenvalue weighted by Gasteiger charge is 2.37. The molecule has 1 aromatic heterocycles. The molecule has 1 aromatic rings. The third-order valence-electron chi connectivity index (χ3n) is 2.43. The molecular formula is C11H13F3N2O. The predicted molar refractivity (Wildman–Crippen MR) is 57.2 cm³/mol. The molecule has 1 saturated carbocycles. The Bertz CT molecular complexity index is 414. The lowest BCUT2D eigenvalue weighted by molar-refractivity contribution is -0.139. The van der Waals surface area contributed by atoms with Crippen LogP contribution in [0, 0.1) is 0 Å². The highest BCUT2D eigenvalue weighted by atomic mass is 19.4. The van der Waals surface area contributed by atoms with Crippen LogP contribution in [0.2, 0.25) is 0 Å². The molecule has 1 heterocycles. The zero-order chi connectivity index (χ0) is 12.6. The van der Waals surface area contributed by atoms with Gasteiger partial charge in [0.15, 0.2) is 0 Å². The molecule has 0 atom stereocenters. The lowest BCUT2D eigenvalue weighted by Crippen LogP contribution is -2.15. The second-order valence-electron chi connectivity index (χ2n) is 4.25. The van der Waals surface area contributed by atoms with Crippen molar-refractivity contribution in [2.75, 3.05) is 19.0 Å². The predicted octanol–water partition coefficient (Wildman–Crippen LogP) is 2.71. The van der Waals surface area contributed by atoms with Crippen molar-refractivity contribution in [1.82, 2.24) is 4.98 Å². The Kier molecular flexibility index (Phi) is 2.89. The summed E-state index contributed by atoms with van der Waals surface area (Å²) in [6.45, 7) is 0. The fourth-order valence-corrected chi connectivity index (χ4v) is 1.36. The molecule has 6 heteroatoms. The zero-order valence-corrected chi connectivity index (χ0v) is 9.58. The van der Waals surface area contributed by atoms with Crippen LogP contribution in [0.5, 0.6) is 5.75 Å². The Morgan fingerprint density at radius 3 is 2.47 bits per heavy atom. The van der Waals surface area contributed by atoms with E-state index in [4.69, 9.17) is 4.74 Å². The summed E-state index contributed by atoms with van der Waals surface area (Å²) in [5.74, 6) is 0.0890. The van der Waals surface area contributed by atoms with Gasteiger partial charge in [-0.05, 0) is 18.9 Å². The van der Waals surface area contributed by atoms with E-state index in [1.54, 1.807) is 14.1 Å². The van der Waals surface area contributed by atoms with E-state index in [0.29, 0.717) is 0 Å². The van der Waals surface area contributed by atoms with Crippen LogP contribution in [0.4, 0.5) is 19.0 Å². The maximum absolute atomic E-state index is 12.8. The molecule has 0 saturated heterocycles. The summed E-state index contributed by atoms with van der Waals surface area (Å²) in [4.78, 5) is 5.46. The van der Waals surface area contributed by atoms with Crippen LogP contribution in [0.25, 0.3) is 0 Å². The summed E-state index contributed by atoms with van der Waals surface area (Å²) in [6, 6.07) is 1.01. The molecule has 2 rings (SSSR count). The first kappa shape index (κ1) is 12.0. The topological polar surface area (TPSA) is 25.4 Å². The highest BCUT2D eigenvalue weighted by Crippen LogP contribution is 2.39. The van der Waals surface area contributed by atoms with Gasteiger partial charge < -0.3 is 9.64 Å². The number of aromatic nitrogens is 1. The van der Waals surface area contributed by atoms with Crippen LogP contribution in [0.3, 0.4) is 0 Å². The molecule has 3 nitrogen and oxygen atoms in total. The van der Waals surface area contributed by atoms with Crippen LogP contribution in [0.15, 0.2) is 12.3 Å². The standard InChI is InChI=1S/C11H13F3N2O/c1-16(2)10-5-8(11(12,13)14)9(6-15-10)17-7-3-4-7/h5-7H,3-4H2,1-2H3. The van der Waals surface area contributed by atoms with E-state index in [-0.39, 0.29) is 17.7 Å². The number of pyridine rings is 1. The minimum atomic E-state index is -4.42. The number of nitrogens with zero attached hydrogens (tertiary/aromatic N) is 2. The van der Waals surface area contributed by atoms with Crippen LogP contribution >= 0.6 is 0 Å². The van der Waals surface area contributed by atoms with E-state index < -0.39 is 11.7 Å². The molecule has 0 bridgehead atoms. The molecule has 0 spiro atoms. The molecule has 0 amide bonds. The Labute approximate surface area is 97.2 Å². The summed E-state index contributed by atoms with van der Waals surface area (Å²) in [6.07, 6.45) is -1.73. The minimum absolute atomic E-state index is 0.0805. The van der Waals surface area contributed by atoms with Crippen molar-refractivity contribution in [2.45, 2.75) is 25.1 Å². The van der Waals surface area contributed by atoms with Crippen molar-refractivity contribution in [2.24, 2.45) is 0 Å². The monoisotopic (exact) mass is 246 g/mol. The molecule has 0 radical (unpaired) electrons. The van der Waals surface area contributed by atoms with Crippen molar-refractivity contribution in [3.8, 4) is 5.75 Å². The normalized spacial score (nSPS) is 15.8. The Hall–Kier alpha value is -1.46. The van der Waals surface area contributed by atoms with Gasteiger partial charge in [0.1, 0.15) is 17.1 Å². The minimum Gasteiger partial charge on any atom is -0.488 e. The second-order valence-corrected chi connectivity index (χ2v) is 4.25. The summed E-state index contributed by atoms with van der Waals surface area (Å²) >= 11 is 0.